The maximum absolute atomic E-state index is 12.5. The van der Waals surface area contributed by atoms with Gasteiger partial charge < -0.3 is 0 Å². The van der Waals surface area contributed by atoms with Crippen LogP contribution in [0.2, 0.25) is 0 Å². The summed E-state index contributed by atoms with van der Waals surface area (Å²) in [5.41, 5.74) is 1.19. The van der Waals surface area contributed by atoms with E-state index < -0.39 is 11.7 Å². The summed E-state index contributed by atoms with van der Waals surface area (Å²) in [5, 5.41) is 2.96. The van der Waals surface area contributed by atoms with Crippen molar-refractivity contribution in [2.45, 2.75) is 25.4 Å². The number of fused-ring (bicyclic) bond motifs is 1. The summed E-state index contributed by atoms with van der Waals surface area (Å²) in [6.07, 6.45) is -1.86. The van der Waals surface area contributed by atoms with Crippen LogP contribution in [0, 0.1) is 0 Å². The van der Waals surface area contributed by atoms with E-state index in [4.69, 9.17) is 0 Å². The Morgan fingerprint density at radius 2 is 1.79 bits per heavy atom. The van der Waals surface area contributed by atoms with Gasteiger partial charge in [-0.1, -0.05) is 0 Å². The molecule has 1 heterocycles. The number of rotatable bonds is 1. The molecular weight excluding hydrogens is 257 g/mol. The molecule has 0 unspecified atom stereocenters. The second kappa shape index (κ2) is 4.01. The molecule has 0 saturated heterocycles. The fourth-order valence-electron chi connectivity index (χ4n) is 2.41. The topological polar surface area (TPSA) is 37.8 Å². The molecule has 0 amide bonds. The van der Waals surface area contributed by atoms with Crippen LogP contribution in [0.25, 0.3) is 5.69 Å². The molecule has 0 bridgehead atoms. The monoisotopic (exact) mass is 268 g/mol. The van der Waals surface area contributed by atoms with Crippen LogP contribution in [0.3, 0.4) is 0 Å². The molecule has 1 aromatic carbocycles. The number of H-pyrrole nitrogens is 1. The van der Waals surface area contributed by atoms with Gasteiger partial charge in [0.1, 0.15) is 0 Å². The molecule has 1 aromatic heterocycles. The molecule has 3 nitrogen and oxygen atoms in total. The van der Waals surface area contributed by atoms with E-state index in [1.165, 1.54) is 16.8 Å². The zero-order chi connectivity index (χ0) is 13.6. The summed E-state index contributed by atoms with van der Waals surface area (Å²) < 4.78 is 38.7. The number of aromatic amines is 1. The molecule has 0 fully saturated rings. The van der Waals surface area contributed by atoms with Crippen LogP contribution < -0.4 is 5.56 Å². The van der Waals surface area contributed by atoms with E-state index in [2.05, 4.69) is 5.10 Å². The van der Waals surface area contributed by atoms with Crippen molar-refractivity contribution in [2.75, 3.05) is 0 Å². The second-order valence-electron chi connectivity index (χ2n) is 4.61. The standard InChI is InChI=1S/C13H11F3N2O/c14-13(15,16)8-4-6-9(7-5-8)18-12(19)10-2-1-3-11(10)17-18/h4-7,17H,1-3H2. The van der Waals surface area contributed by atoms with Gasteiger partial charge in [-0.05, 0) is 43.5 Å². The van der Waals surface area contributed by atoms with E-state index in [9.17, 15) is 18.0 Å². The van der Waals surface area contributed by atoms with E-state index in [0.29, 0.717) is 5.69 Å². The quantitative estimate of drug-likeness (QED) is 0.848. The Labute approximate surface area is 106 Å². The maximum atomic E-state index is 12.5. The predicted molar refractivity (Wildman–Crippen MR) is 63.4 cm³/mol. The van der Waals surface area contributed by atoms with Crippen molar-refractivity contribution >= 4 is 0 Å². The highest BCUT2D eigenvalue weighted by Crippen LogP contribution is 2.29. The average Bonchev–Trinajstić information content (AvgIpc) is 2.92. The van der Waals surface area contributed by atoms with Crippen molar-refractivity contribution < 1.29 is 13.2 Å². The van der Waals surface area contributed by atoms with Crippen LogP contribution in [0.5, 0.6) is 0 Å². The smallest absolute Gasteiger partial charge is 0.295 e. The first-order valence-electron chi connectivity index (χ1n) is 5.97. The molecule has 6 heteroatoms. The van der Waals surface area contributed by atoms with Crippen LogP contribution >= 0.6 is 0 Å². The number of aryl methyl sites for hydroxylation is 1. The van der Waals surface area contributed by atoms with E-state index in [-0.39, 0.29) is 5.56 Å². The molecule has 2 aromatic rings. The average molecular weight is 268 g/mol. The van der Waals surface area contributed by atoms with E-state index >= 15 is 0 Å². The SMILES string of the molecule is O=c1c2c([nH]n1-c1ccc(C(F)(F)F)cc1)CCC2. The zero-order valence-corrected chi connectivity index (χ0v) is 9.92. The highest BCUT2D eigenvalue weighted by Gasteiger charge is 2.30. The normalized spacial score (nSPS) is 14.7. The lowest BCUT2D eigenvalue weighted by molar-refractivity contribution is -0.137. The van der Waals surface area contributed by atoms with Gasteiger partial charge in [-0.2, -0.15) is 13.2 Å². The molecular formula is C13H11F3N2O. The third kappa shape index (κ3) is 1.97. The summed E-state index contributed by atoms with van der Waals surface area (Å²) in [4.78, 5) is 12.1. The highest BCUT2D eigenvalue weighted by atomic mass is 19.4. The Hall–Kier alpha value is -1.98. The summed E-state index contributed by atoms with van der Waals surface area (Å²) in [6, 6.07) is 4.56. The molecule has 3 rings (SSSR count). The molecule has 19 heavy (non-hydrogen) atoms. The lowest BCUT2D eigenvalue weighted by Crippen LogP contribution is -2.17. The fraction of sp³-hybridized carbons (Fsp3) is 0.308. The second-order valence-corrected chi connectivity index (χ2v) is 4.61. The largest absolute Gasteiger partial charge is 0.416 e. The maximum Gasteiger partial charge on any atom is 0.416 e. The number of benzene rings is 1. The molecule has 1 aliphatic carbocycles. The highest BCUT2D eigenvalue weighted by molar-refractivity contribution is 5.37. The van der Waals surface area contributed by atoms with Gasteiger partial charge in [0.15, 0.2) is 0 Å². The van der Waals surface area contributed by atoms with Crippen molar-refractivity contribution in [2.24, 2.45) is 0 Å². The van der Waals surface area contributed by atoms with Crippen LogP contribution in [-0.2, 0) is 19.0 Å². The minimum absolute atomic E-state index is 0.160. The van der Waals surface area contributed by atoms with E-state index in [1.54, 1.807) is 0 Å². The van der Waals surface area contributed by atoms with Crippen molar-refractivity contribution in [3.63, 3.8) is 0 Å². The van der Waals surface area contributed by atoms with Gasteiger partial charge >= 0.3 is 6.18 Å². The van der Waals surface area contributed by atoms with Crippen molar-refractivity contribution in [3.8, 4) is 5.69 Å². The van der Waals surface area contributed by atoms with Gasteiger partial charge in [0.25, 0.3) is 5.56 Å². The summed E-state index contributed by atoms with van der Waals surface area (Å²) >= 11 is 0. The van der Waals surface area contributed by atoms with Gasteiger partial charge in [0, 0.05) is 11.3 Å². The lowest BCUT2D eigenvalue weighted by Gasteiger charge is -2.07. The summed E-state index contributed by atoms with van der Waals surface area (Å²) in [6.45, 7) is 0. The summed E-state index contributed by atoms with van der Waals surface area (Å²) in [7, 11) is 0. The molecule has 0 aliphatic heterocycles. The minimum Gasteiger partial charge on any atom is -0.295 e. The third-order valence-corrected chi connectivity index (χ3v) is 3.38. The zero-order valence-electron chi connectivity index (χ0n) is 9.92. The van der Waals surface area contributed by atoms with Crippen LogP contribution in [0.15, 0.2) is 29.1 Å². The molecule has 0 atom stereocenters. The van der Waals surface area contributed by atoms with Crippen molar-refractivity contribution in [1.29, 1.82) is 0 Å². The van der Waals surface area contributed by atoms with Gasteiger partial charge in [-0.3, -0.25) is 9.89 Å². The number of nitrogens with one attached hydrogen (secondary N) is 1. The number of hydrogen-bond donors (Lipinski definition) is 1. The molecule has 0 saturated carbocycles. The lowest BCUT2D eigenvalue weighted by atomic mass is 10.2. The van der Waals surface area contributed by atoms with Gasteiger partial charge in [0.2, 0.25) is 0 Å². The minimum atomic E-state index is -4.36. The Bertz CT molecular complexity index is 665. The number of halogens is 3. The molecule has 0 radical (unpaired) electrons. The van der Waals surface area contributed by atoms with E-state index in [0.717, 1.165) is 42.7 Å². The molecule has 100 valence electrons. The third-order valence-electron chi connectivity index (χ3n) is 3.38. The van der Waals surface area contributed by atoms with Gasteiger partial charge in [-0.25, -0.2) is 4.68 Å². The summed E-state index contributed by atoms with van der Waals surface area (Å²) in [5.74, 6) is 0. The van der Waals surface area contributed by atoms with Crippen LogP contribution in [0.4, 0.5) is 13.2 Å². The van der Waals surface area contributed by atoms with Crippen molar-refractivity contribution in [1.82, 2.24) is 9.78 Å². The first-order chi connectivity index (χ1) is 8.97. The Balaban J connectivity index is 2.02. The molecule has 0 spiro atoms. The van der Waals surface area contributed by atoms with E-state index in [1.807, 2.05) is 0 Å². The Morgan fingerprint density at radius 3 is 2.37 bits per heavy atom. The number of hydrogen-bond acceptors (Lipinski definition) is 1. The number of nitrogens with zero attached hydrogens (tertiary/aromatic N) is 1. The number of alkyl halides is 3. The fourth-order valence-corrected chi connectivity index (χ4v) is 2.41. The number of aromatic nitrogens is 2. The molecule has 1 aliphatic rings. The predicted octanol–water partition coefficient (Wildman–Crippen LogP) is 2.67. The Kier molecular flexibility index (Phi) is 2.55. The first-order valence-corrected chi connectivity index (χ1v) is 5.97. The Morgan fingerprint density at radius 1 is 1.11 bits per heavy atom. The van der Waals surface area contributed by atoms with Gasteiger partial charge in [0.05, 0.1) is 11.3 Å². The first kappa shape index (κ1) is 12.1. The van der Waals surface area contributed by atoms with Crippen LogP contribution in [0.1, 0.15) is 23.2 Å². The van der Waals surface area contributed by atoms with Crippen molar-refractivity contribution in [3.05, 3.63) is 51.4 Å². The van der Waals surface area contributed by atoms with Gasteiger partial charge in [-0.15, -0.1) is 0 Å². The van der Waals surface area contributed by atoms with Crippen LogP contribution in [-0.4, -0.2) is 9.78 Å². The molecule has 1 N–H and O–H groups in total.